The van der Waals surface area contributed by atoms with Gasteiger partial charge in [0.1, 0.15) is 5.82 Å². The number of thiazole rings is 1. The Balaban J connectivity index is 1.80. The third-order valence-corrected chi connectivity index (χ3v) is 6.21. The Kier molecular flexibility index (Phi) is 6.04. The van der Waals surface area contributed by atoms with Gasteiger partial charge in [0.25, 0.3) is 0 Å². The first-order valence-electron chi connectivity index (χ1n) is 8.99. The van der Waals surface area contributed by atoms with Crippen LogP contribution < -0.4 is 5.32 Å². The van der Waals surface area contributed by atoms with Crippen molar-refractivity contribution >= 4 is 39.1 Å². The number of carbonyl (C=O) groups is 1. The van der Waals surface area contributed by atoms with E-state index in [9.17, 15) is 14.3 Å². The predicted octanol–water partition coefficient (Wildman–Crippen LogP) is 2.81. The second-order valence-electron chi connectivity index (χ2n) is 6.59. The van der Waals surface area contributed by atoms with Crippen molar-refractivity contribution in [3.05, 3.63) is 61.9 Å². The zero-order valence-electron chi connectivity index (χ0n) is 15.3. The van der Waals surface area contributed by atoms with Crippen molar-refractivity contribution in [2.75, 3.05) is 32.8 Å². The third-order valence-electron chi connectivity index (χ3n) is 4.74. The smallest absolute Gasteiger partial charge is 0.335 e. The number of morpholine rings is 1. The Hall–Kier alpha value is -2.14. The summed E-state index contributed by atoms with van der Waals surface area (Å²) in [7, 11) is 0. The van der Waals surface area contributed by atoms with Crippen LogP contribution in [0.3, 0.4) is 0 Å². The molecule has 1 atom stereocenters. The predicted molar refractivity (Wildman–Crippen MR) is 111 cm³/mol. The molecule has 2 aliphatic heterocycles. The van der Waals surface area contributed by atoms with Gasteiger partial charge in [-0.1, -0.05) is 22.0 Å². The second-order valence-corrected chi connectivity index (χ2v) is 8.34. The second kappa shape index (κ2) is 8.70. The maximum atomic E-state index is 13.6. The van der Waals surface area contributed by atoms with Crippen LogP contribution in [0.15, 0.2) is 50.5 Å². The molecule has 7 nitrogen and oxygen atoms in total. The van der Waals surface area contributed by atoms with E-state index in [1.807, 2.05) is 5.38 Å². The molecule has 0 spiro atoms. The van der Waals surface area contributed by atoms with Crippen LogP contribution in [0, 0.1) is 5.82 Å². The van der Waals surface area contributed by atoms with E-state index in [1.165, 1.54) is 23.5 Å². The zero-order valence-corrected chi connectivity index (χ0v) is 17.7. The first-order valence-corrected chi connectivity index (χ1v) is 10.7. The molecule has 29 heavy (non-hydrogen) atoms. The van der Waals surface area contributed by atoms with Gasteiger partial charge in [0.15, 0.2) is 10.8 Å². The quantitative estimate of drug-likeness (QED) is 0.683. The number of aromatic nitrogens is 1. The van der Waals surface area contributed by atoms with Gasteiger partial charge in [-0.15, -0.1) is 11.3 Å². The topological polar surface area (TPSA) is 87.0 Å². The fraction of sp³-hybridized carbons (Fsp3) is 0.316. The van der Waals surface area contributed by atoms with Gasteiger partial charge >= 0.3 is 5.97 Å². The molecule has 0 amide bonds. The van der Waals surface area contributed by atoms with Crippen LogP contribution in [0.4, 0.5) is 4.39 Å². The van der Waals surface area contributed by atoms with E-state index in [4.69, 9.17) is 4.74 Å². The molecule has 0 radical (unpaired) electrons. The molecule has 0 bridgehead atoms. The molecule has 2 N–H and O–H groups in total. The average molecular weight is 481 g/mol. The number of nitrogens with zero attached hydrogens (tertiary/aromatic N) is 3. The van der Waals surface area contributed by atoms with E-state index in [2.05, 4.69) is 36.1 Å². The summed E-state index contributed by atoms with van der Waals surface area (Å²) in [4.78, 5) is 23.3. The molecule has 1 aromatic heterocycles. The van der Waals surface area contributed by atoms with E-state index >= 15 is 0 Å². The van der Waals surface area contributed by atoms with E-state index in [1.54, 1.807) is 12.3 Å². The van der Waals surface area contributed by atoms with Crippen molar-refractivity contribution in [2.24, 2.45) is 4.99 Å². The lowest BCUT2D eigenvalue weighted by molar-refractivity contribution is -0.133. The van der Waals surface area contributed by atoms with Crippen LogP contribution in [0.2, 0.25) is 0 Å². The minimum Gasteiger partial charge on any atom is -0.478 e. The van der Waals surface area contributed by atoms with Crippen LogP contribution >= 0.6 is 27.3 Å². The molecular formula is C19H18BrFN4O3S. The van der Waals surface area contributed by atoms with Crippen LogP contribution in [0.1, 0.15) is 16.6 Å². The maximum Gasteiger partial charge on any atom is 0.335 e. The lowest BCUT2D eigenvalue weighted by Gasteiger charge is -2.31. The number of amidine groups is 1. The van der Waals surface area contributed by atoms with Gasteiger partial charge < -0.3 is 15.2 Å². The van der Waals surface area contributed by atoms with Crippen LogP contribution in [-0.2, 0) is 9.53 Å². The highest BCUT2D eigenvalue weighted by Crippen LogP contribution is 2.34. The van der Waals surface area contributed by atoms with E-state index in [0.717, 1.165) is 0 Å². The van der Waals surface area contributed by atoms with Gasteiger partial charge in [-0.05, 0) is 17.7 Å². The Labute approximate surface area is 179 Å². The van der Waals surface area contributed by atoms with Crippen molar-refractivity contribution in [3.63, 3.8) is 0 Å². The fourth-order valence-electron chi connectivity index (χ4n) is 3.36. The molecule has 3 heterocycles. The number of carboxylic acid groups (broad SMARTS) is 1. The molecule has 0 aliphatic carbocycles. The number of aliphatic imine (C=N–C) groups is 1. The number of ether oxygens (including phenoxy) is 1. The molecule has 1 fully saturated rings. The van der Waals surface area contributed by atoms with Crippen LogP contribution in [0.25, 0.3) is 0 Å². The summed E-state index contributed by atoms with van der Waals surface area (Å²) in [6, 6.07) is 3.52. The monoisotopic (exact) mass is 480 g/mol. The van der Waals surface area contributed by atoms with Crippen LogP contribution in [0.5, 0.6) is 0 Å². The molecule has 0 saturated carbocycles. The van der Waals surface area contributed by atoms with Gasteiger partial charge in [0.2, 0.25) is 0 Å². The van der Waals surface area contributed by atoms with Crippen molar-refractivity contribution in [2.45, 2.75) is 6.04 Å². The molecule has 4 rings (SSSR count). The number of halogens is 2. The van der Waals surface area contributed by atoms with Gasteiger partial charge in [0.05, 0.1) is 30.5 Å². The summed E-state index contributed by atoms with van der Waals surface area (Å²) in [5.74, 6) is -0.960. The number of hydrogen-bond acceptors (Lipinski definition) is 7. The lowest BCUT2D eigenvalue weighted by Crippen LogP contribution is -2.41. The molecule has 152 valence electrons. The molecule has 2 aliphatic rings. The number of nitrogens with one attached hydrogen (secondary N) is 1. The van der Waals surface area contributed by atoms with Crippen molar-refractivity contribution in [1.29, 1.82) is 0 Å². The highest BCUT2D eigenvalue weighted by molar-refractivity contribution is 9.10. The minimum atomic E-state index is -1.07. The van der Waals surface area contributed by atoms with Gasteiger partial charge in [-0.25, -0.2) is 19.2 Å². The number of rotatable bonds is 5. The molecular weight excluding hydrogens is 463 g/mol. The van der Waals surface area contributed by atoms with Gasteiger partial charge in [0, 0.05) is 35.7 Å². The number of carboxylic acids is 1. The number of hydrogen-bond donors (Lipinski definition) is 2. The Morgan fingerprint density at radius 2 is 2.21 bits per heavy atom. The van der Waals surface area contributed by atoms with E-state index < -0.39 is 17.8 Å². The summed E-state index contributed by atoms with van der Waals surface area (Å²) < 4.78 is 19.5. The summed E-state index contributed by atoms with van der Waals surface area (Å²) in [5, 5.41) is 15.7. The summed E-state index contributed by atoms with van der Waals surface area (Å²) in [6.07, 6.45) is 1.67. The number of benzene rings is 1. The first-order chi connectivity index (χ1) is 14.0. The Morgan fingerprint density at radius 3 is 2.86 bits per heavy atom. The first kappa shape index (κ1) is 20.1. The zero-order chi connectivity index (χ0) is 20.4. The molecule has 2 aromatic rings. The van der Waals surface area contributed by atoms with Gasteiger partial charge in [-0.3, -0.25) is 4.90 Å². The minimum absolute atomic E-state index is 0.143. The third kappa shape index (κ3) is 4.40. The SMILES string of the molecule is O=C(O)C1=C(CN2CCOCC2)N=C(c2nccs2)NC1c1ccc(F)cc1Br. The standard InChI is InChI=1S/C19H18BrFN4O3S/c20-13-9-11(21)1-2-12(13)16-15(19(26)27)14(10-25-4-6-28-7-5-25)23-17(24-16)18-22-3-8-29-18/h1-3,8-9,16H,4-7,10H2,(H,23,24)(H,26,27). The Bertz CT molecular complexity index is 974. The maximum absolute atomic E-state index is 13.6. The summed E-state index contributed by atoms with van der Waals surface area (Å²) >= 11 is 4.78. The largest absolute Gasteiger partial charge is 0.478 e. The summed E-state index contributed by atoms with van der Waals surface area (Å²) in [5.41, 5.74) is 1.22. The molecule has 1 unspecified atom stereocenters. The molecule has 1 saturated heterocycles. The van der Waals surface area contributed by atoms with Crippen molar-refractivity contribution < 1.29 is 19.0 Å². The Morgan fingerprint density at radius 1 is 1.41 bits per heavy atom. The molecule has 10 heteroatoms. The van der Waals surface area contributed by atoms with Crippen LogP contribution in [-0.4, -0.2) is 59.6 Å². The fourth-order valence-corrected chi connectivity index (χ4v) is 4.53. The van der Waals surface area contributed by atoms with E-state index in [0.29, 0.717) is 59.4 Å². The van der Waals surface area contributed by atoms with Crippen molar-refractivity contribution in [3.8, 4) is 0 Å². The molecule has 1 aromatic carbocycles. The van der Waals surface area contributed by atoms with E-state index in [-0.39, 0.29) is 5.57 Å². The normalized spacial score (nSPS) is 20.3. The average Bonchev–Trinajstić information content (AvgIpc) is 3.23. The highest BCUT2D eigenvalue weighted by atomic mass is 79.9. The summed E-state index contributed by atoms with van der Waals surface area (Å²) in [6.45, 7) is 3.00. The highest BCUT2D eigenvalue weighted by Gasteiger charge is 2.34. The van der Waals surface area contributed by atoms with Crippen molar-refractivity contribution in [1.82, 2.24) is 15.2 Å². The number of aliphatic carboxylic acids is 1. The lowest BCUT2D eigenvalue weighted by atomic mass is 9.95. The van der Waals surface area contributed by atoms with Gasteiger partial charge in [-0.2, -0.15) is 0 Å².